The van der Waals surface area contributed by atoms with Gasteiger partial charge in [0.15, 0.2) is 5.75 Å². The van der Waals surface area contributed by atoms with Crippen LogP contribution in [0, 0.1) is 0 Å². The third-order valence-electron chi connectivity index (χ3n) is 4.69. The van der Waals surface area contributed by atoms with Gasteiger partial charge < -0.3 is 4.74 Å². The van der Waals surface area contributed by atoms with Gasteiger partial charge in [0.05, 0.1) is 22.3 Å². The molecule has 4 amide bonds. The number of ether oxygens (including phenoxy) is 1. The summed E-state index contributed by atoms with van der Waals surface area (Å²) < 4.78 is 5.71. The van der Waals surface area contributed by atoms with Crippen LogP contribution in [0.3, 0.4) is 0 Å². The number of rotatable bonds is 8. The number of urea groups is 1. The Morgan fingerprint density at radius 2 is 1.68 bits per heavy atom. The van der Waals surface area contributed by atoms with Gasteiger partial charge in [-0.1, -0.05) is 67.6 Å². The molecule has 31 heavy (non-hydrogen) atoms. The number of amides is 4. The van der Waals surface area contributed by atoms with Gasteiger partial charge in [-0.2, -0.15) is 0 Å². The van der Waals surface area contributed by atoms with E-state index in [2.05, 4.69) is 12.2 Å². The van der Waals surface area contributed by atoms with Crippen molar-refractivity contribution < 1.29 is 19.1 Å². The van der Waals surface area contributed by atoms with Crippen LogP contribution >= 0.6 is 23.2 Å². The number of carbonyl (C=O) groups is 3. The average molecular weight is 461 g/mol. The normalized spacial score (nSPS) is 15.4. The van der Waals surface area contributed by atoms with E-state index >= 15 is 0 Å². The molecule has 0 radical (unpaired) electrons. The van der Waals surface area contributed by atoms with Crippen molar-refractivity contribution in [2.45, 2.75) is 32.6 Å². The first kappa shape index (κ1) is 22.8. The van der Waals surface area contributed by atoms with E-state index in [1.807, 2.05) is 0 Å². The third kappa shape index (κ3) is 5.46. The maximum Gasteiger partial charge on any atom is 0.335 e. The zero-order valence-electron chi connectivity index (χ0n) is 17.0. The number of barbiturate groups is 1. The summed E-state index contributed by atoms with van der Waals surface area (Å²) in [7, 11) is 0. The van der Waals surface area contributed by atoms with Crippen LogP contribution < -0.4 is 15.0 Å². The van der Waals surface area contributed by atoms with E-state index in [4.69, 9.17) is 27.9 Å². The van der Waals surface area contributed by atoms with E-state index in [0.29, 0.717) is 23.6 Å². The van der Waals surface area contributed by atoms with Crippen LogP contribution in [0.15, 0.2) is 48.0 Å². The van der Waals surface area contributed by atoms with Crippen molar-refractivity contribution in [1.82, 2.24) is 5.32 Å². The Kier molecular flexibility index (Phi) is 7.71. The number of imide groups is 2. The lowest BCUT2D eigenvalue weighted by atomic mass is 10.1. The van der Waals surface area contributed by atoms with Gasteiger partial charge in [-0.25, -0.2) is 9.69 Å². The number of nitrogens with one attached hydrogen (secondary N) is 1. The molecule has 6 nitrogen and oxygen atoms in total. The second kappa shape index (κ2) is 10.5. The van der Waals surface area contributed by atoms with Gasteiger partial charge in [0.25, 0.3) is 11.8 Å². The monoisotopic (exact) mass is 460 g/mol. The molecule has 0 unspecified atom stereocenters. The molecule has 1 fully saturated rings. The molecule has 0 aliphatic carbocycles. The molecule has 1 aliphatic heterocycles. The number of halogens is 2. The summed E-state index contributed by atoms with van der Waals surface area (Å²) in [6.45, 7) is 2.63. The first-order valence-electron chi connectivity index (χ1n) is 10.0. The second-order valence-electron chi connectivity index (χ2n) is 7.02. The molecular formula is C23H22Cl2N2O4. The summed E-state index contributed by atoms with van der Waals surface area (Å²) in [4.78, 5) is 38.4. The van der Waals surface area contributed by atoms with E-state index in [1.54, 1.807) is 42.5 Å². The molecule has 0 bridgehead atoms. The van der Waals surface area contributed by atoms with Crippen LogP contribution in [-0.2, 0) is 9.59 Å². The molecule has 0 saturated carbocycles. The number of para-hydroxylation sites is 1. The molecule has 0 spiro atoms. The van der Waals surface area contributed by atoms with E-state index in [-0.39, 0.29) is 15.6 Å². The van der Waals surface area contributed by atoms with Gasteiger partial charge in [0.1, 0.15) is 5.57 Å². The molecule has 2 aromatic rings. The largest absolute Gasteiger partial charge is 0.490 e. The van der Waals surface area contributed by atoms with E-state index in [1.165, 1.54) is 6.08 Å². The summed E-state index contributed by atoms with van der Waals surface area (Å²) in [5.41, 5.74) is 0.587. The van der Waals surface area contributed by atoms with Gasteiger partial charge in [0.2, 0.25) is 0 Å². The molecule has 1 N–H and O–H groups in total. The van der Waals surface area contributed by atoms with Crippen molar-refractivity contribution in [2.24, 2.45) is 0 Å². The lowest BCUT2D eigenvalue weighted by molar-refractivity contribution is -0.122. The van der Waals surface area contributed by atoms with Crippen LogP contribution in [0.25, 0.3) is 6.08 Å². The second-order valence-corrected chi connectivity index (χ2v) is 7.83. The number of hydrogen-bond acceptors (Lipinski definition) is 4. The Labute approximate surface area is 190 Å². The zero-order valence-corrected chi connectivity index (χ0v) is 18.5. The standard InChI is InChI=1S/C23H22Cl2N2O4/c1-2-3-4-8-11-31-20-18(24)13-15(14-19(20)25)12-17-21(28)26-23(30)27(22(17)29)16-9-6-5-7-10-16/h5-7,9-10,12-14H,2-4,8,11H2,1H3,(H,26,28,30). The molecule has 2 aromatic carbocycles. The first-order valence-corrected chi connectivity index (χ1v) is 10.8. The molecule has 1 aliphatic rings. The molecule has 3 rings (SSSR count). The molecule has 162 valence electrons. The lowest BCUT2D eigenvalue weighted by Crippen LogP contribution is -2.54. The Balaban J connectivity index is 1.83. The predicted molar refractivity (Wildman–Crippen MR) is 122 cm³/mol. The molecule has 1 heterocycles. The SMILES string of the molecule is CCCCCCOc1c(Cl)cc(C=C2C(=O)NC(=O)N(c3ccccc3)C2=O)cc1Cl. The Morgan fingerprint density at radius 1 is 1.00 bits per heavy atom. The Hall–Kier alpha value is -2.83. The average Bonchev–Trinajstić information content (AvgIpc) is 2.73. The van der Waals surface area contributed by atoms with Crippen molar-refractivity contribution >= 4 is 52.8 Å². The fourth-order valence-corrected chi connectivity index (χ4v) is 3.75. The van der Waals surface area contributed by atoms with Gasteiger partial charge in [0, 0.05) is 0 Å². The summed E-state index contributed by atoms with van der Waals surface area (Å²) in [5.74, 6) is -1.16. The molecule has 0 aromatic heterocycles. The quantitative estimate of drug-likeness (QED) is 0.315. The maximum atomic E-state index is 12.9. The summed E-state index contributed by atoms with van der Waals surface area (Å²) in [6, 6.07) is 10.7. The van der Waals surface area contributed by atoms with Crippen molar-refractivity contribution in [2.75, 3.05) is 11.5 Å². The molecule has 1 saturated heterocycles. The van der Waals surface area contributed by atoms with Crippen LogP contribution in [0.4, 0.5) is 10.5 Å². The highest BCUT2D eigenvalue weighted by Gasteiger charge is 2.36. The topological polar surface area (TPSA) is 75.7 Å². The number of benzene rings is 2. The number of unbranched alkanes of at least 4 members (excludes halogenated alkanes) is 3. The van der Waals surface area contributed by atoms with Crippen molar-refractivity contribution in [3.63, 3.8) is 0 Å². The van der Waals surface area contributed by atoms with Crippen LogP contribution in [-0.4, -0.2) is 24.5 Å². The van der Waals surface area contributed by atoms with Crippen molar-refractivity contribution in [3.8, 4) is 5.75 Å². The Bertz CT molecular complexity index is 998. The zero-order chi connectivity index (χ0) is 22.4. The maximum absolute atomic E-state index is 12.9. The summed E-state index contributed by atoms with van der Waals surface area (Å²) in [5, 5.41) is 2.73. The van der Waals surface area contributed by atoms with Gasteiger partial charge in [-0.3, -0.25) is 14.9 Å². The van der Waals surface area contributed by atoms with Gasteiger partial charge in [-0.15, -0.1) is 0 Å². The number of anilines is 1. The first-order chi connectivity index (χ1) is 14.9. The van der Waals surface area contributed by atoms with Crippen molar-refractivity contribution in [1.29, 1.82) is 0 Å². The minimum absolute atomic E-state index is 0.205. The number of nitrogens with zero attached hydrogens (tertiary/aromatic N) is 1. The molecule has 8 heteroatoms. The van der Waals surface area contributed by atoms with Crippen molar-refractivity contribution in [3.05, 3.63) is 63.6 Å². The fourth-order valence-electron chi connectivity index (χ4n) is 3.14. The number of hydrogen-bond donors (Lipinski definition) is 1. The molecular weight excluding hydrogens is 439 g/mol. The third-order valence-corrected chi connectivity index (χ3v) is 5.25. The highest BCUT2D eigenvalue weighted by molar-refractivity contribution is 6.40. The van der Waals surface area contributed by atoms with E-state index < -0.39 is 17.8 Å². The van der Waals surface area contributed by atoms with Crippen LogP contribution in [0.1, 0.15) is 38.2 Å². The smallest absolute Gasteiger partial charge is 0.335 e. The predicted octanol–water partition coefficient (Wildman–Crippen LogP) is 5.62. The fraction of sp³-hybridized carbons (Fsp3) is 0.261. The minimum Gasteiger partial charge on any atom is -0.490 e. The van der Waals surface area contributed by atoms with E-state index in [0.717, 1.165) is 30.6 Å². The van der Waals surface area contributed by atoms with Crippen LogP contribution in [0.2, 0.25) is 10.0 Å². The summed E-state index contributed by atoms with van der Waals surface area (Å²) >= 11 is 12.6. The van der Waals surface area contributed by atoms with E-state index in [9.17, 15) is 14.4 Å². The van der Waals surface area contributed by atoms with Gasteiger partial charge in [-0.05, 0) is 42.3 Å². The number of carbonyl (C=O) groups excluding carboxylic acids is 3. The lowest BCUT2D eigenvalue weighted by Gasteiger charge is -2.26. The summed E-state index contributed by atoms with van der Waals surface area (Å²) in [6.07, 6.45) is 5.57. The molecule has 0 atom stereocenters. The van der Waals surface area contributed by atoms with Crippen LogP contribution in [0.5, 0.6) is 5.75 Å². The highest BCUT2D eigenvalue weighted by atomic mass is 35.5. The Morgan fingerprint density at radius 3 is 2.32 bits per heavy atom. The highest BCUT2D eigenvalue weighted by Crippen LogP contribution is 2.35. The van der Waals surface area contributed by atoms with Gasteiger partial charge >= 0.3 is 6.03 Å². The minimum atomic E-state index is -0.804.